The first-order valence-electron chi connectivity index (χ1n) is 7.08. The van der Waals surface area contributed by atoms with Crippen molar-refractivity contribution in [3.63, 3.8) is 0 Å². The largest absolute Gasteiger partial charge is 0.351 e. The minimum absolute atomic E-state index is 0.0251. The van der Waals surface area contributed by atoms with Gasteiger partial charge in [0, 0.05) is 29.8 Å². The molecule has 0 unspecified atom stereocenters. The van der Waals surface area contributed by atoms with Gasteiger partial charge in [0.25, 0.3) is 5.91 Å². The summed E-state index contributed by atoms with van der Waals surface area (Å²) in [7, 11) is 0. The van der Waals surface area contributed by atoms with E-state index in [-0.39, 0.29) is 5.91 Å². The lowest BCUT2D eigenvalue weighted by atomic mass is 10.1. The number of halogens is 1. The van der Waals surface area contributed by atoms with E-state index in [1.807, 2.05) is 16.8 Å². The summed E-state index contributed by atoms with van der Waals surface area (Å²) in [5.74, 6) is 0.0251. The maximum Gasteiger partial charge on any atom is 0.267 e. The Balaban J connectivity index is 1.84. The Labute approximate surface area is 123 Å². The Bertz CT molecular complexity index is 424. The van der Waals surface area contributed by atoms with Crippen LogP contribution in [0.1, 0.15) is 43.1 Å². The second-order valence-electron chi connectivity index (χ2n) is 5.07. The van der Waals surface area contributed by atoms with E-state index in [1.165, 1.54) is 12.8 Å². The maximum atomic E-state index is 12.2. The van der Waals surface area contributed by atoms with Gasteiger partial charge >= 0.3 is 0 Å². The predicted molar refractivity (Wildman–Crippen MR) is 80.4 cm³/mol. The molecule has 2 N–H and O–H groups in total. The first-order valence-corrected chi connectivity index (χ1v) is 7.87. The predicted octanol–water partition coefficient (Wildman–Crippen LogP) is 2.53. The highest BCUT2D eigenvalue weighted by molar-refractivity contribution is 9.10. The number of carbonyl (C=O) groups excluding carboxylic acids is 1. The molecule has 0 aromatic carbocycles. The number of hydrogen-bond donors (Lipinski definition) is 2. The molecule has 0 saturated carbocycles. The number of aryl methyl sites for hydroxylation is 1. The summed E-state index contributed by atoms with van der Waals surface area (Å²) in [6, 6.07) is 2.47. The molecule has 0 aliphatic carbocycles. The highest BCUT2D eigenvalue weighted by atomic mass is 79.9. The summed E-state index contributed by atoms with van der Waals surface area (Å²) >= 11 is 3.43. The van der Waals surface area contributed by atoms with Crippen LogP contribution in [0.3, 0.4) is 0 Å². The van der Waals surface area contributed by atoms with Crippen molar-refractivity contribution < 1.29 is 4.79 Å². The highest BCUT2D eigenvalue weighted by Gasteiger charge is 2.15. The quantitative estimate of drug-likeness (QED) is 0.843. The van der Waals surface area contributed by atoms with Crippen molar-refractivity contribution in [2.75, 3.05) is 13.1 Å². The number of aromatic nitrogens is 1. The summed E-state index contributed by atoms with van der Waals surface area (Å²) in [6.07, 6.45) is 6.49. The van der Waals surface area contributed by atoms with Gasteiger partial charge < -0.3 is 15.2 Å². The third kappa shape index (κ3) is 4.08. The molecule has 0 radical (unpaired) electrons. The van der Waals surface area contributed by atoms with Crippen LogP contribution in [-0.2, 0) is 6.54 Å². The smallest absolute Gasteiger partial charge is 0.267 e. The molecule has 19 heavy (non-hydrogen) atoms. The van der Waals surface area contributed by atoms with Gasteiger partial charge in [-0.2, -0.15) is 0 Å². The van der Waals surface area contributed by atoms with Crippen molar-refractivity contribution in [3.05, 3.63) is 22.4 Å². The summed E-state index contributed by atoms with van der Waals surface area (Å²) < 4.78 is 2.97. The topological polar surface area (TPSA) is 46.1 Å². The molecule has 106 valence electrons. The van der Waals surface area contributed by atoms with Crippen LogP contribution in [0, 0.1) is 0 Å². The third-order valence-corrected chi connectivity index (χ3v) is 3.93. The van der Waals surface area contributed by atoms with Crippen molar-refractivity contribution >= 4 is 21.8 Å². The molecule has 2 heterocycles. The van der Waals surface area contributed by atoms with Gasteiger partial charge in [0.2, 0.25) is 0 Å². The molecule has 0 spiro atoms. The molecule has 0 bridgehead atoms. The van der Waals surface area contributed by atoms with Crippen LogP contribution in [0.25, 0.3) is 0 Å². The lowest BCUT2D eigenvalue weighted by Gasteiger charge is -2.12. The summed E-state index contributed by atoms with van der Waals surface area (Å²) in [4.78, 5) is 12.2. The second kappa shape index (κ2) is 7.10. The number of hydrogen-bond acceptors (Lipinski definition) is 2. The van der Waals surface area contributed by atoms with Gasteiger partial charge in [0.15, 0.2) is 0 Å². The molecular formula is C14H22BrN3O. The van der Waals surface area contributed by atoms with Crippen LogP contribution in [-0.4, -0.2) is 29.6 Å². The van der Waals surface area contributed by atoms with E-state index in [1.54, 1.807) is 0 Å². The molecule has 1 aromatic rings. The fraction of sp³-hybridized carbons (Fsp3) is 0.643. The van der Waals surface area contributed by atoms with Crippen LogP contribution >= 0.6 is 15.9 Å². The standard InChI is InChI=1S/C14H22BrN3O/c1-2-8-18-10-11(15)9-13(18)14(19)17-7-5-12-4-3-6-16-12/h9-10,12,16H,2-8H2,1H3,(H,17,19)/t12-/m0/s1. The average Bonchev–Trinajstić information content (AvgIpc) is 2.99. The maximum absolute atomic E-state index is 12.2. The van der Waals surface area contributed by atoms with Gasteiger partial charge in [-0.1, -0.05) is 6.92 Å². The molecule has 1 amide bonds. The van der Waals surface area contributed by atoms with E-state index in [0.29, 0.717) is 6.04 Å². The Morgan fingerprint density at radius 1 is 1.63 bits per heavy atom. The van der Waals surface area contributed by atoms with Crippen LogP contribution < -0.4 is 10.6 Å². The monoisotopic (exact) mass is 327 g/mol. The lowest BCUT2D eigenvalue weighted by molar-refractivity contribution is 0.0943. The van der Waals surface area contributed by atoms with E-state index in [2.05, 4.69) is 33.5 Å². The zero-order valence-corrected chi connectivity index (χ0v) is 13.0. The zero-order valence-electron chi connectivity index (χ0n) is 11.4. The van der Waals surface area contributed by atoms with Gasteiger partial charge in [-0.25, -0.2) is 0 Å². The fourth-order valence-corrected chi connectivity index (χ4v) is 3.01. The molecule has 1 atom stereocenters. The van der Waals surface area contributed by atoms with E-state index in [0.717, 1.165) is 42.6 Å². The average molecular weight is 328 g/mol. The number of amides is 1. The first kappa shape index (κ1) is 14.6. The van der Waals surface area contributed by atoms with E-state index < -0.39 is 0 Å². The van der Waals surface area contributed by atoms with Crippen molar-refractivity contribution in [1.29, 1.82) is 0 Å². The fourth-order valence-electron chi connectivity index (χ4n) is 2.54. The van der Waals surface area contributed by atoms with Gasteiger partial charge in [0.1, 0.15) is 5.69 Å². The van der Waals surface area contributed by atoms with E-state index >= 15 is 0 Å². The summed E-state index contributed by atoms with van der Waals surface area (Å²) in [6.45, 7) is 4.84. The normalized spacial score (nSPS) is 18.7. The van der Waals surface area contributed by atoms with Crippen LogP contribution in [0.4, 0.5) is 0 Å². The van der Waals surface area contributed by atoms with Crippen LogP contribution in [0.2, 0.25) is 0 Å². The number of nitrogens with zero attached hydrogens (tertiary/aromatic N) is 1. The number of carbonyl (C=O) groups is 1. The Morgan fingerprint density at radius 3 is 3.16 bits per heavy atom. The third-order valence-electron chi connectivity index (χ3n) is 3.50. The molecule has 1 aliphatic rings. The first-order chi connectivity index (χ1) is 9.20. The summed E-state index contributed by atoms with van der Waals surface area (Å²) in [5, 5.41) is 6.46. The van der Waals surface area contributed by atoms with E-state index in [9.17, 15) is 4.79 Å². The molecule has 1 aromatic heterocycles. The minimum Gasteiger partial charge on any atom is -0.351 e. The van der Waals surface area contributed by atoms with E-state index in [4.69, 9.17) is 0 Å². The second-order valence-corrected chi connectivity index (χ2v) is 5.99. The van der Waals surface area contributed by atoms with Gasteiger partial charge in [-0.3, -0.25) is 4.79 Å². The molecule has 5 heteroatoms. The van der Waals surface area contributed by atoms with Gasteiger partial charge in [-0.05, 0) is 54.2 Å². The zero-order chi connectivity index (χ0) is 13.7. The Hall–Kier alpha value is -0.810. The van der Waals surface area contributed by atoms with Crippen molar-refractivity contribution in [2.24, 2.45) is 0 Å². The number of nitrogens with one attached hydrogen (secondary N) is 2. The molecule has 1 fully saturated rings. The van der Waals surface area contributed by atoms with Crippen LogP contribution in [0.5, 0.6) is 0 Å². The highest BCUT2D eigenvalue weighted by Crippen LogP contribution is 2.15. The van der Waals surface area contributed by atoms with Gasteiger partial charge in [0.05, 0.1) is 0 Å². The minimum atomic E-state index is 0.0251. The summed E-state index contributed by atoms with van der Waals surface area (Å²) in [5.41, 5.74) is 0.744. The molecule has 2 rings (SSSR count). The molecule has 1 saturated heterocycles. The Kier molecular flexibility index (Phi) is 5.45. The molecule has 4 nitrogen and oxygen atoms in total. The Morgan fingerprint density at radius 2 is 2.47 bits per heavy atom. The molecule has 1 aliphatic heterocycles. The van der Waals surface area contributed by atoms with Crippen molar-refractivity contribution in [1.82, 2.24) is 15.2 Å². The van der Waals surface area contributed by atoms with Gasteiger partial charge in [-0.15, -0.1) is 0 Å². The lowest BCUT2D eigenvalue weighted by Crippen LogP contribution is -2.31. The van der Waals surface area contributed by atoms with Crippen LogP contribution in [0.15, 0.2) is 16.7 Å². The van der Waals surface area contributed by atoms with Crippen molar-refractivity contribution in [2.45, 2.75) is 45.2 Å². The van der Waals surface area contributed by atoms with Crippen molar-refractivity contribution in [3.8, 4) is 0 Å². The SMILES string of the molecule is CCCn1cc(Br)cc1C(=O)NCC[C@@H]1CCCN1. The number of rotatable bonds is 6. The molecular weight excluding hydrogens is 306 g/mol.